The molecule has 0 aliphatic carbocycles. The molecule has 0 saturated heterocycles. The average Bonchev–Trinajstić information content (AvgIpc) is 2.65. The molecule has 1 aliphatic heterocycles. The number of carbonyl (C=O) groups is 3. The summed E-state index contributed by atoms with van der Waals surface area (Å²) in [6.07, 6.45) is -1.98. The van der Waals surface area contributed by atoms with Crippen LogP contribution in [-0.4, -0.2) is 17.9 Å². The van der Waals surface area contributed by atoms with Gasteiger partial charge in [-0.1, -0.05) is 0 Å². The van der Waals surface area contributed by atoms with Crippen LogP contribution in [0.5, 0.6) is 5.75 Å². The molecule has 1 aromatic carbocycles. The van der Waals surface area contributed by atoms with Gasteiger partial charge in [0.05, 0.1) is 0 Å². The molecule has 0 N–H and O–H groups in total. The lowest BCUT2D eigenvalue weighted by Crippen LogP contribution is -2.10. The van der Waals surface area contributed by atoms with E-state index in [1.165, 1.54) is 32.9 Å². The van der Waals surface area contributed by atoms with Crippen molar-refractivity contribution in [3.63, 3.8) is 0 Å². The summed E-state index contributed by atoms with van der Waals surface area (Å²) in [6, 6.07) is 4.63. The first-order valence-corrected chi connectivity index (χ1v) is 6.19. The molecule has 7 nitrogen and oxygen atoms in total. The molecular weight excluding hydrogens is 280 g/mol. The number of esters is 3. The lowest BCUT2D eigenvalue weighted by molar-refractivity contribution is -0.227. The fourth-order valence-electron chi connectivity index (χ4n) is 1.94. The Balaban J connectivity index is 2.33. The van der Waals surface area contributed by atoms with Crippen molar-refractivity contribution in [2.45, 2.75) is 33.4 Å². The maximum atomic E-state index is 11.1. The quantitative estimate of drug-likeness (QED) is 0.620. The van der Waals surface area contributed by atoms with E-state index in [1.54, 1.807) is 6.07 Å². The van der Waals surface area contributed by atoms with Crippen molar-refractivity contribution in [1.29, 1.82) is 0 Å². The fraction of sp³-hybridized carbons (Fsp3) is 0.357. The zero-order valence-corrected chi connectivity index (χ0v) is 11.7. The van der Waals surface area contributed by atoms with Gasteiger partial charge >= 0.3 is 17.9 Å². The molecule has 2 atom stereocenters. The van der Waals surface area contributed by atoms with Crippen LogP contribution >= 0.6 is 0 Å². The van der Waals surface area contributed by atoms with E-state index in [0.29, 0.717) is 11.1 Å². The molecule has 1 heterocycles. The van der Waals surface area contributed by atoms with E-state index < -0.39 is 30.5 Å². The highest BCUT2D eigenvalue weighted by molar-refractivity contribution is 5.70. The molecule has 1 aromatic rings. The number of rotatable bonds is 3. The molecule has 0 unspecified atom stereocenters. The van der Waals surface area contributed by atoms with E-state index in [0.717, 1.165) is 0 Å². The van der Waals surface area contributed by atoms with E-state index >= 15 is 0 Å². The second-order valence-electron chi connectivity index (χ2n) is 4.40. The van der Waals surface area contributed by atoms with Crippen molar-refractivity contribution in [2.24, 2.45) is 0 Å². The lowest BCUT2D eigenvalue weighted by atomic mass is 10.1. The fourth-order valence-corrected chi connectivity index (χ4v) is 1.94. The Morgan fingerprint density at radius 2 is 1.48 bits per heavy atom. The summed E-state index contributed by atoms with van der Waals surface area (Å²) >= 11 is 0. The normalized spacial score (nSPS) is 19.6. The Labute approximate surface area is 120 Å². The van der Waals surface area contributed by atoms with E-state index in [2.05, 4.69) is 0 Å². The highest BCUT2D eigenvalue weighted by atomic mass is 16.8. The van der Waals surface area contributed by atoms with Crippen molar-refractivity contribution in [2.75, 3.05) is 0 Å². The molecule has 0 fully saturated rings. The van der Waals surface area contributed by atoms with E-state index in [9.17, 15) is 14.4 Å². The smallest absolute Gasteiger partial charge is 0.308 e. The van der Waals surface area contributed by atoms with Crippen LogP contribution in [-0.2, 0) is 28.6 Å². The minimum atomic E-state index is -1.02. The molecule has 0 saturated carbocycles. The molecule has 0 radical (unpaired) electrons. The molecule has 0 aromatic heterocycles. The van der Waals surface area contributed by atoms with Gasteiger partial charge in [-0.05, 0) is 18.2 Å². The molecule has 0 bridgehead atoms. The predicted molar refractivity (Wildman–Crippen MR) is 67.9 cm³/mol. The van der Waals surface area contributed by atoms with Crippen LogP contribution in [0, 0.1) is 0 Å². The summed E-state index contributed by atoms with van der Waals surface area (Å²) in [5, 5.41) is 0. The van der Waals surface area contributed by atoms with Crippen LogP contribution in [0.2, 0.25) is 0 Å². The molecular formula is C14H14O7. The van der Waals surface area contributed by atoms with Crippen LogP contribution in [0.1, 0.15) is 44.5 Å². The van der Waals surface area contributed by atoms with Gasteiger partial charge in [0.25, 0.3) is 0 Å². The first-order chi connectivity index (χ1) is 9.86. The second kappa shape index (κ2) is 5.92. The van der Waals surface area contributed by atoms with Crippen LogP contribution in [0.25, 0.3) is 0 Å². The summed E-state index contributed by atoms with van der Waals surface area (Å²) in [5.41, 5.74) is 1.00. The highest BCUT2D eigenvalue weighted by Crippen LogP contribution is 2.42. The van der Waals surface area contributed by atoms with Crippen molar-refractivity contribution >= 4 is 17.9 Å². The number of ether oxygens (including phenoxy) is 4. The van der Waals surface area contributed by atoms with Gasteiger partial charge in [-0.2, -0.15) is 0 Å². The van der Waals surface area contributed by atoms with Gasteiger partial charge in [-0.15, -0.1) is 0 Å². The largest absolute Gasteiger partial charge is 0.431 e. The summed E-state index contributed by atoms with van der Waals surface area (Å²) in [7, 11) is 0. The van der Waals surface area contributed by atoms with Gasteiger partial charge in [-0.25, -0.2) is 0 Å². The number of hydrogen-bond donors (Lipinski definition) is 0. The topological polar surface area (TPSA) is 88.1 Å². The molecule has 21 heavy (non-hydrogen) atoms. The number of benzene rings is 1. The van der Waals surface area contributed by atoms with Crippen LogP contribution in [0.3, 0.4) is 0 Å². The summed E-state index contributed by atoms with van der Waals surface area (Å²) in [6.45, 7) is 3.75. The Morgan fingerprint density at radius 3 is 2.00 bits per heavy atom. The Kier molecular flexibility index (Phi) is 4.23. The minimum absolute atomic E-state index is 0.283. The maximum absolute atomic E-state index is 11.1. The monoisotopic (exact) mass is 294 g/mol. The van der Waals surface area contributed by atoms with Gasteiger partial charge in [0.1, 0.15) is 5.75 Å². The maximum Gasteiger partial charge on any atom is 0.308 e. The summed E-state index contributed by atoms with van der Waals surface area (Å²) in [4.78, 5) is 33.2. The summed E-state index contributed by atoms with van der Waals surface area (Å²) < 4.78 is 20.4. The third-order valence-corrected chi connectivity index (χ3v) is 2.62. The van der Waals surface area contributed by atoms with Crippen LogP contribution in [0.4, 0.5) is 0 Å². The number of hydrogen-bond acceptors (Lipinski definition) is 7. The first-order valence-electron chi connectivity index (χ1n) is 6.19. The highest BCUT2D eigenvalue weighted by Gasteiger charge is 2.36. The second-order valence-corrected chi connectivity index (χ2v) is 4.40. The number of carbonyl (C=O) groups excluding carboxylic acids is 3. The van der Waals surface area contributed by atoms with Crippen molar-refractivity contribution in [3.05, 3.63) is 29.3 Å². The number of fused-ring (bicyclic) bond motifs is 1. The molecule has 1 aliphatic rings. The summed E-state index contributed by atoms with van der Waals surface area (Å²) in [5.74, 6) is -1.27. The average molecular weight is 294 g/mol. The van der Waals surface area contributed by atoms with Gasteiger partial charge in [0.15, 0.2) is 0 Å². The van der Waals surface area contributed by atoms with Crippen LogP contribution < -0.4 is 4.74 Å². The lowest BCUT2D eigenvalue weighted by Gasteiger charge is -2.13. The minimum Gasteiger partial charge on any atom is -0.431 e. The molecule has 2 rings (SSSR count). The van der Waals surface area contributed by atoms with Crippen molar-refractivity contribution in [1.82, 2.24) is 0 Å². The van der Waals surface area contributed by atoms with Gasteiger partial charge in [-0.3, -0.25) is 19.1 Å². The van der Waals surface area contributed by atoms with Crippen LogP contribution in [0.15, 0.2) is 18.2 Å². The van der Waals surface area contributed by atoms with E-state index in [1.807, 2.05) is 0 Å². The molecule has 0 spiro atoms. The van der Waals surface area contributed by atoms with Gasteiger partial charge < -0.3 is 14.2 Å². The Bertz CT molecular complexity index is 593. The Hall–Kier alpha value is -2.41. The molecule has 112 valence electrons. The standard InChI is InChI=1S/C14H14O7/c1-7(15)18-10-4-5-11-12(6-10)14(20-9(3)17)21-13(11)19-8(2)16/h4-6,13-14H,1-3H3/t13-,14-/m0/s1. The molecule has 0 amide bonds. The van der Waals surface area contributed by atoms with Gasteiger partial charge in [0.2, 0.25) is 12.6 Å². The third kappa shape index (κ3) is 3.57. The Morgan fingerprint density at radius 1 is 0.905 bits per heavy atom. The molecule has 7 heteroatoms. The predicted octanol–water partition coefficient (Wildman–Crippen LogP) is 1.77. The van der Waals surface area contributed by atoms with E-state index in [4.69, 9.17) is 18.9 Å². The van der Waals surface area contributed by atoms with Crippen molar-refractivity contribution < 1.29 is 33.3 Å². The zero-order chi connectivity index (χ0) is 15.6. The third-order valence-electron chi connectivity index (χ3n) is 2.62. The van der Waals surface area contributed by atoms with Crippen molar-refractivity contribution in [3.8, 4) is 5.75 Å². The SMILES string of the molecule is CC(=O)Oc1ccc2c(c1)[C@@H](OC(C)=O)O[C@@H]2OC(C)=O. The zero-order valence-electron chi connectivity index (χ0n) is 11.7. The van der Waals surface area contributed by atoms with E-state index in [-0.39, 0.29) is 5.75 Å². The van der Waals surface area contributed by atoms with Gasteiger partial charge in [0, 0.05) is 31.9 Å². The first kappa shape index (κ1) is 15.0.